The fourth-order valence-corrected chi connectivity index (χ4v) is 1.75. The molecule has 1 atom stereocenters. The first-order chi connectivity index (χ1) is 8.00. The zero-order chi connectivity index (χ0) is 12.8. The average Bonchev–Trinajstić information content (AvgIpc) is 2.24. The second-order valence-corrected chi connectivity index (χ2v) is 5.32. The van der Waals surface area contributed by atoms with E-state index in [2.05, 4.69) is 19.2 Å². The summed E-state index contributed by atoms with van der Waals surface area (Å²) in [6, 6.07) is 5.41. The third kappa shape index (κ3) is 5.15. The summed E-state index contributed by atoms with van der Waals surface area (Å²) in [7, 11) is 0. The Morgan fingerprint density at radius 3 is 2.53 bits per heavy atom. The van der Waals surface area contributed by atoms with Crippen molar-refractivity contribution in [3.63, 3.8) is 0 Å². The van der Waals surface area contributed by atoms with Crippen LogP contribution >= 0.6 is 23.2 Å². The monoisotopic (exact) mass is 275 g/mol. The minimum absolute atomic E-state index is 0.0599. The number of hydrogen-bond acceptors (Lipinski definition) is 2. The van der Waals surface area contributed by atoms with Gasteiger partial charge in [0.25, 0.3) is 0 Å². The van der Waals surface area contributed by atoms with Gasteiger partial charge in [-0.3, -0.25) is 0 Å². The van der Waals surface area contributed by atoms with Crippen LogP contribution in [0.1, 0.15) is 20.8 Å². The Morgan fingerprint density at radius 1 is 1.18 bits per heavy atom. The topological polar surface area (TPSA) is 21.3 Å². The van der Waals surface area contributed by atoms with Crippen LogP contribution in [0, 0.1) is 5.92 Å². The van der Waals surface area contributed by atoms with Gasteiger partial charge in [-0.2, -0.15) is 0 Å². The molecular formula is C13H19Cl2NO. The number of halogens is 2. The second-order valence-electron chi connectivity index (χ2n) is 4.53. The maximum absolute atomic E-state index is 6.04. The smallest absolute Gasteiger partial charge is 0.139 e. The van der Waals surface area contributed by atoms with Gasteiger partial charge in [-0.25, -0.2) is 0 Å². The number of hydrogen-bond donors (Lipinski definition) is 1. The van der Waals surface area contributed by atoms with Crippen LogP contribution in [-0.2, 0) is 0 Å². The first-order valence-electron chi connectivity index (χ1n) is 5.82. The van der Waals surface area contributed by atoms with Crippen molar-refractivity contribution in [1.29, 1.82) is 0 Å². The highest BCUT2D eigenvalue weighted by Crippen LogP contribution is 2.31. The predicted octanol–water partition coefficient (Wildman–Crippen LogP) is 4.01. The highest BCUT2D eigenvalue weighted by Gasteiger charge is 2.09. The molecule has 96 valence electrons. The molecule has 1 N–H and O–H groups in total. The van der Waals surface area contributed by atoms with Crippen molar-refractivity contribution in [2.45, 2.75) is 26.9 Å². The van der Waals surface area contributed by atoms with Crippen molar-refractivity contribution in [3.05, 3.63) is 28.2 Å². The molecular weight excluding hydrogens is 257 g/mol. The largest absolute Gasteiger partial charge is 0.488 e. The van der Waals surface area contributed by atoms with E-state index in [1.807, 2.05) is 19.1 Å². The molecule has 2 nitrogen and oxygen atoms in total. The highest BCUT2D eigenvalue weighted by atomic mass is 35.5. The maximum atomic E-state index is 6.04. The Kier molecular flexibility index (Phi) is 6.10. The van der Waals surface area contributed by atoms with E-state index < -0.39 is 0 Å². The fraction of sp³-hybridized carbons (Fsp3) is 0.538. The van der Waals surface area contributed by atoms with E-state index in [1.54, 1.807) is 6.07 Å². The molecule has 0 aliphatic heterocycles. The minimum Gasteiger partial charge on any atom is -0.488 e. The maximum Gasteiger partial charge on any atom is 0.139 e. The first-order valence-corrected chi connectivity index (χ1v) is 6.57. The van der Waals surface area contributed by atoms with E-state index in [9.17, 15) is 0 Å². The molecule has 0 saturated carbocycles. The van der Waals surface area contributed by atoms with Crippen LogP contribution in [0.5, 0.6) is 5.75 Å². The van der Waals surface area contributed by atoms with E-state index in [-0.39, 0.29) is 6.10 Å². The van der Waals surface area contributed by atoms with Gasteiger partial charge in [0, 0.05) is 6.54 Å². The summed E-state index contributed by atoms with van der Waals surface area (Å²) in [5.41, 5.74) is 0. The molecule has 17 heavy (non-hydrogen) atoms. The molecule has 0 heterocycles. The van der Waals surface area contributed by atoms with Crippen molar-refractivity contribution >= 4 is 23.2 Å². The van der Waals surface area contributed by atoms with Gasteiger partial charge in [0.2, 0.25) is 0 Å². The molecule has 0 saturated heterocycles. The Bertz CT molecular complexity index is 355. The lowest BCUT2D eigenvalue weighted by Crippen LogP contribution is -2.31. The Morgan fingerprint density at radius 2 is 1.88 bits per heavy atom. The van der Waals surface area contributed by atoms with E-state index in [0.29, 0.717) is 21.7 Å². The van der Waals surface area contributed by atoms with Gasteiger partial charge in [0.1, 0.15) is 16.9 Å². The zero-order valence-corrected chi connectivity index (χ0v) is 12.0. The summed E-state index contributed by atoms with van der Waals surface area (Å²) in [5, 5.41) is 4.33. The summed E-state index contributed by atoms with van der Waals surface area (Å²) < 4.78 is 5.73. The molecule has 0 bridgehead atoms. The number of rotatable bonds is 6. The van der Waals surface area contributed by atoms with Gasteiger partial charge in [0.15, 0.2) is 0 Å². The standard InChI is InChI=1S/C13H19Cl2NO/c1-9(2)7-16-8-10(3)17-12-6-4-5-11(14)13(12)15/h4-6,9-10,16H,7-8H2,1-3H3. The average molecular weight is 276 g/mol. The van der Waals surface area contributed by atoms with Gasteiger partial charge < -0.3 is 10.1 Å². The molecule has 4 heteroatoms. The quantitative estimate of drug-likeness (QED) is 0.847. The van der Waals surface area contributed by atoms with Crippen LogP contribution in [0.25, 0.3) is 0 Å². The lowest BCUT2D eigenvalue weighted by atomic mass is 10.2. The molecule has 1 aromatic rings. The molecule has 0 aliphatic rings. The lowest BCUT2D eigenvalue weighted by Gasteiger charge is -2.17. The second kappa shape index (κ2) is 7.10. The molecule has 1 rings (SSSR count). The van der Waals surface area contributed by atoms with Crippen molar-refractivity contribution in [2.75, 3.05) is 13.1 Å². The highest BCUT2D eigenvalue weighted by molar-refractivity contribution is 6.42. The molecule has 0 aromatic heterocycles. The number of nitrogens with one attached hydrogen (secondary N) is 1. The van der Waals surface area contributed by atoms with Crippen molar-refractivity contribution in [3.8, 4) is 5.75 Å². The van der Waals surface area contributed by atoms with Gasteiger partial charge in [-0.05, 0) is 31.5 Å². The Balaban J connectivity index is 2.45. The van der Waals surface area contributed by atoms with Crippen LogP contribution in [0.4, 0.5) is 0 Å². The third-order valence-electron chi connectivity index (χ3n) is 2.23. The minimum atomic E-state index is 0.0599. The summed E-state index contributed by atoms with van der Waals surface area (Å²) >= 11 is 12.0. The van der Waals surface area contributed by atoms with E-state index in [1.165, 1.54) is 0 Å². The van der Waals surface area contributed by atoms with Crippen molar-refractivity contribution < 1.29 is 4.74 Å². The Hall–Kier alpha value is -0.440. The van der Waals surface area contributed by atoms with Crippen molar-refractivity contribution in [1.82, 2.24) is 5.32 Å². The SMILES string of the molecule is CC(C)CNCC(C)Oc1cccc(Cl)c1Cl. The van der Waals surface area contributed by atoms with E-state index >= 15 is 0 Å². The zero-order valence-electron chi connectivity index (χ0n) is 10.5. The van der Waals surface area contributed by atoms with Gasteiger partial charge in [-0.1, -0.05) is 43.1 Å². The van der Waals surface area contributed by atoms with Gasteiger partial charge in [0.05, 0.1) is 5.02 Å². The van der Waals surface area contributed by atoms with Crippen molar-refractivity contribution in [2.24, 2.45) is 5.92 Å². The summed E-state index contributed by atoms with van der Waals surface area (Å²) in [5.74, 6) is 1.27. The number of benzene rings is 1. The van der Waals surface area contributed by atoms with Crippen LogP contribution in [0.2, 0.25) is 10.0 Å². The van der Waals surface area contributed by atoms with Gasteiger partial charge in [-0.15, -0.1) is 0 Å². The first kappa shape index (κ1) is 14.6. The van der Waals surface area contributed by atoms with Crippen LogP contribution < -0.4 is 10.1 Å². The van der Waals surface area contributed by atoms with Crippen LogP contribution in [-0.4, -0.2) is 19.2 Å². The predicted molar refractivity (Wildman–Crippen MR) is 74.3 cm³/mol. The third-order valence-corrected chi connectivity index (χ3v) is 3.03. The fourth-order valence-electron chi connectivity index (χ4n) is 1.41. The molecule has 1 aromatic carbocycles. The summed E-state index contributed by atoms with van der Waals surface area (Å²) in [6.07, 6.45) is 0.0599. The molecule has 1 unspecified atom stereocenters. The van der Waals surface area contributed by atoms with Crippen LogP contribution in [0.3, 0.4) is 0 Å². The molecule has 0 aliphatic carbocycles. The lowest BCUT2D eigenvalue weighted by molar-refractivity contribution is 0.216. The van der Waals surface area contributed by atoms with E-state index in [0.717, 1.165) is 13.1 Å². The van der Waals surface area contributed by atoms with E-state index in [4.69, 9.17) is 27.9 Å². The molecule has 0 radical (unpaired) electrons. The summed E-state index contributed by atoms with van der Waals surface area (Å²) in [4.78, 5) is 0. The summed E-state index contributed by atoms with van der Waals surface area (Å²) in [6.45, 7) is 8.13. The molecule has 0 amide bonds. The Labute approximate surface area is 113 Å². The normalized spacial score (nSPS) is 12.8. The van der Waals surface area contributed by atoms with Crippen LogP contribution in [0.15, 0.2) is 18.2 Å². The molecule has 0 spiro atoms. The number of ether oxygens (including phenoxy) is 1. The van der Waals surface area contributed by atoms with Gasteiger partial charge >= 0.3 is 0 Å². The molecule has 0 fully saturated rings.